The second kappa shape index (κ2) is 8.49. The summed E-state index contributed by atoms with van der Waals surface area (Å²) in [5, 5.41) is 4.30. The number of hydrogen-bond acceptors (Lipinski definition) is 5. The lowest BCUT2D eigenvalue weighted by molar-refractivity contribution is -0.126. The molecule has 2 aromatic rings. The molecule has 7 heteroatoms. The molecule has 172 valence electrons. The van der Waals surface area contributed by atoms with Gasteiger partial charge in [0.2, 0.25) is 5.91 Å². The van der Waals surface area contributed by atoms with Crippen molar-refractivity contribution in [2.45, 2.75) is 74.4 Å². The Hall–Kier alpha value is -1.86. The van der Waals surface area contributed by atoms with Gasteiger partial charge in [-0.3, -0.25) is 14.2 Å². The summed E-state index contributed by atoms with van der Waals surface area (Å²) in [5.41, 5.74) is 0.561. The van der Waals surface area contributed by atoms with Crippen molar-refractivity contribution in [1.82, 2.24) is 14.9 Å². The molecule has 0 spiro atoms. The van der Waals surface area contributed by atoms with Crippen LogP contribution < -0.4 is 10.9 Å². The van der Waals surface area contributed by atoms with E-state index in [1.54, 1.807) is 17.7 Å². The fourth-order valence-corrected chi connectivity index (χ4v) is 7.76. The SMILES string of the molecule is COC[C@H](C)n1c(S[C@H](C)C(=O)NC23CC4CC(CC(C4)C2)C3)nc2ccccc2c1=O. The van der Waals surface area contributed by atoms with Gasteiger partial charge < -0.3 is 10.1 Å². The molecule has 1 N–H and O–H groups in total. The Morgan fingerprint density at radius 3 is 2.44 bits per heavy atom. The molecule has 4 aliphatic carbocycles. The Kier molecular flexibility index (Phi) is 5.82. The molecule has 2 atom stereocenters. The molecule has 4 fully saturated rings. The fraction of sp³-hybridized carbons (Fsp3) is 0.640. The molecule has 0 aliphatic heterocycles. The van der Waals surface area contributed by atoms with Crippen molar-refractivity contribution in [3.8, 4) is 0 Å². The summed E-state index contributed by atoms with van der Waals surface area (Å²) in [7, 11) is 1.63. The first-order valence-electron chi connectivity index (χ1n) is 11.9. The van der Waals surface area contributed by atoms with Crippen molar-refractivity contribution in [2.75, 3.05) is 13.7 Å². The van der Waals surface area contributed by atoms with E-state index in [4.69, 9.17) is 9.72 Å². The Morgan fingerprint density at radius 1 is 1.19 bits per heavy atom. The lowest BCUT2D eigenvalue weighted by Crippen LogP contribution is -2.60. The van der Waals surface area contributed by atoms with E-state index in [2.05, 4.69) is 5.32 Å². The normalized spacial score (nSPS) is 30.4. The number of ether oxygens (including phenoxy) is 1. The van der Waals surface area contributed by atoms with E-state index in [0.29, 0.717) is 22.7 Å². The van der Waals surface area contributed by atoms with Crippen LogP contribution in [0.5, 0.6) is 0 Å². The Balaban J connectivity index is 1.39. The van der Waals surface area contributed by atoms with Gasteiger partial charge in [-0.15, -0.1) is 0 Å². The van der Waals surface area contributed by atoms with Gasteiger partial charge in [0.15, 0.2) is 5.16 Å². The van der Waals surface area contributed by atoms with Gasteiger partial charge in [-0.05, 0) is 82.3 Å². The van der Waals surface area contributed by atoms with E-state index in [9.17, 15) is 9.59 Å². The zero-order valence-electron chi connectivity index (χ0n) is 19.2. The van der Waals surface area contributed by atoms with Crippen LogP contribution in [-0.4, -0.2) is 40.0 Å². The average Bonchev–Trinajstić information content (AvgIpc) is 2.72. The molecule has 1 aromatic carbocycles. The Morgan fingerprint density at radius 2 is 1.81 bits per heavy atom. The minimum Gasteiger partial charge on any atom is -0.383 e. The molecule has 0 unspecified atom stereocenters. The minimum absolute atomic E-state index is 0.0134. The summed E-state index contributed by atoms with van der Waals surface area (Å²) in [6.45, 7) is 4.28. The predicted molar refractivity (Wildman–Crippen MR) is 127 cm³/mol. The number of para-hydroxylation sites is 1. The van der Waals surface area contributed by atoms with Gasteiger partial charge >= 0.3 is 0 Å². The molecule has 6 nitrogen and oxygen atoms in total. The molecular formula is C25H33N3O3S. The van der Waals surface area contributed by atoms with Crippen molar-refractivity contribution in [3.63, 3.8) is 0 Å². The third-order valence-corrected chi connectivity index (χ3v) is 8.77. The highest BCUT2D eigenvalue weighted by Gasteiger charge is 2.51. The monoisotopic (exact) mass is 455 g/mol. The zero-order valence-corrected chi connectivity index (χ0v) is 20.0. The van der Waals surface area contributed by atoms with Crippen LogP contribution in [0.3, 0.4) is 0 Å². The van der Waals surface area contributed by atoms with Gasteiger partial charge in [-0.2, -0.15) is 0 Å². The highest BCUT2D eigenvalue weighted by atomic mass is 32.2. The summed E-state index contributed by atoms with van der Waals surface area (Å²) < 4.78 is 7.00. The molecular weight excluding hydrogens is 422 g/mol. The van der Waals surface area contributed by atoms with E-state index < -0.39 is 0 Å². The number of amides is 1. The van der Waals surface area contributed by atoms with Crippen LogP contribution in [0.2, 0.25) is 0 Å². The zero-order chi connectivity index (χ0) is 22.5. The lowest BCUT2D eigenvalue weighted by Gasteiger charge is -2.57. The standard InChI is InChI=1S/C25H33N3O3S/c1-15(14-31-3)28-23(30)20-6-4-5-7-21(20)26-24(28)32-16(2)22(29)27-25-11-17-8-18(12-25)10-19(9-17)13-25/h4-7,15-19H,8-14H2,1-3H3,(H,27,29)/t15-,16+,17?,18?,19?,25?/m0/s1. The lowest BCUT2D eigenvalue weighted by atomic mass is 9.53. The summed E-state index contributed by atoms with van der Waals surface area (Å²) >= 11 is 1.37. The first-order valence-corrected chi connectivity index (χ1v) is 12.7. The first kappa shape index (κ1) is 22.0. The van der Waals surface area contributed by atoms with Crippen molar-refractivity contribution >= 4 is 28.6 Å². The van der Waals surface area contributed by atoms with E-state index in [-0.39, 0.29) is 28.3 Å². The van der Waals surface area contributed by atoms with Crippen molar-refractivity contribution in [1.29, 1.82) is 0 Å². The van der Waals surface area contributed by atoms with Crippen LogP contribution in [0.1, 0.15) is 58.4 Å². The molecule has 4 aliphatic rings. The molecule has 1 aromatic heterocycles. The topological polar surface area (TPSA) is 73.2 Å². The summed E-state index contributed by atoms with van der Waals surface area (Å²) in [5.74, 6) is 2.41. The van der Waals surface area contributed by atoms with Crippen LogP contribution >= 0.6 is 11.8 Å². The summed E-state index contributed by atoms with van der Waals surface area (Å²) in [4.78, 5) is 31.4. The van der Waals surface area contributed by atoms with Crippen LogP contribution in [0.4, 0.5) is 0 Å². The number of methoxy groups -OCH3 is 1. The van der Waals surface area contributed by atoms with Gasteiger partial charge in [0, 0.05) is 12.6 Å². The number of thioether (sulfide) groups is 1. The van der Waals surface area contributed by atoms with E-state index in [1.165, 1.54) is 31.0 Å². The smallest absolute Gasteiger partial charge is 0.262 e. The molecule has 6 rings (SSSR count). The summed E-state index contributed by atoms with van der Waals surface area (Å²) in [6, 6.07) is 7.22. The minimum atomic E-state index is -0.336. The average molecular weight is 456 g/mol. The van der Waals surface area contributed by atoms with Gasteiger partial charge in [0.1, 0.15) is 0 Å². The highest BCUT2D eigenvalue weighted by Crippen LogP contribution is 2.55. The number of nitrogens with one attached hydrogen (secondary N) is 1. The maximum atomic E-state index is 13.3. The summed E-state index contributed by atoms with van der Waals surface area (Å²) in [6.07, 6.45) is 7.45. The second-order valence-corrected chi connectivity index (χ2v) is 11.6. The molecule has 1 heterocycles. The van der Waals surface area contributed by atoms with E-state index >= 15 is 0 Å². The predicted octanol–water partition coefficient (Wildman–Crippen LogP) is 4.17. The van der Waals surface area contributed by atoms with Gasteiger partial charge in [-0.1, -0.05) is 23.9 Å². The number of carbonyl (C=O) groups excluding carboxylic acids is 1. The third kappa shape index (κ3) is 3.98. The van der Waals surface area contributed by atoms with Gasteiger partial charge in [-0.25, -0.2) is 4.98 Å². The van der Waals surface area contributed by atoms with Gasteiger partial charge in [0.25, 0.3) is 5.56 Å². The number of aromatic nitrogens is 2. The van der Waals surface area contributed by atoms with Crippen LogP contribution in [-0.2, 0) is 9.53 Å². The second-order valence-electron chi connectivity index (χ2n) is 10.3. The number of benzene rings is 1. The largest absolute Gasteiger partial charge is 0.383 e. The molecule has 0 radical (unpaired) electrons. The molecule has 0 saturated heterocycles. The fourth-order valence-electron chi connectivity index (χ4n) is 6.75. The quantitative estimate of drug-likeness (QED) is 0.501. The Labute approximate surface area is 193 Å². The van der Waals surface area contributed by atoms with Crippen LogP contribution in [0.25, 0.3) is 10.9 Å². The van der Waals surface area contributed by atoms with Crippen molar-refractivity contribution in [2.24, 2.45) is 17.8 Å². The number of hydrogen-bond donors (Lipinski definition) is 1. The third-order valence-electron chi connectivity index (χ3n) is 7.70. The van der Waals surface area contributed by atoms with Crippen molar-refractivity contribution < 1.29 is 9.53 Å². The number of fused-ring (bicyclic) bond motifs is 1. The van der Waals surface area contributed by atoms with Crippen LogP contribution in [0.15, 0.2) is 34.2 Å². The number of nitrogens with zero attached hydrogens (tertiary/aromatic N) is 2. The number of carbonyl (C=O) groups is 1. The van der Waals surface area contributed by atoms with E-state index in [1.807, 2.05) is 32.0 Å². The van der Waals surface area contributed by atoms with Gasteiger partial charge in [0.05, 0.1) is 28.8 Å². The molecule has 4 saturated carbocycles. The number of rotatable bonds is 7. The highest BCUT2D eigenvalue weighted by molar-refractivity contribution is 8.00. The Bertz CT molecular complexity index is 1050. The van der Waals surface area contributed by atoms with Crippen LogP contribution in [0, 0.1) is 17.8 Å². The van der Waals surface area contributed by atoms with Crippen molar-refractivity contribution in [3.05, 3.63) is 34.6 Å². The molecule has 32 heavy (non-hydrogen) atoms. The molecule has 4 bridgehead atoms. The first-order chi connectivity index (χ1) is 15.4. The maximum absolute atomic E-state index is 13.3. The molecule has 1 amide bonds. The van der Waals surface area contributed by atoms with E-state index in [0.717, 1.165) is 37.0 Å². The maximum Gasteiger partial charge on any atom is 0.262 e.